The number of aliphatic carboxylic acids is 1. The molecule has 1 aliphatic heterocycles. The van der Waals surface area contributed by atoms with Crippen molar-refractivity contribution >= 4 is 17.6 Å². The van der Waals surface area contributed by atoms with E-state index < -0.39 is 43.0 Å². The highest BCUT2D eigenvalue weighted by Gasteiger charge is 2.53. The summed E-state index contributed by atoms with van der Waals surface area (Å²) in [6.07, 6.45) is -4.66. The zero-order valence-corrected chi connectivity index (χ0v) is 10.8. The van der Waals surface area contributed by atoms with Crippen molar-refractivity contribution in [3.63, 3.8) is 0 Å². The summed E-state index contributed by atoms with van der Waals surface area (Å²) < 4.78 is 38.6. The summed E-state index contributed by atoms with van der Waals surface area (Å²) in [7, 11) is 0. The number of rotatable bonds is 2. The highest BCUT2D eigenvalue weighted by Crippen LogP contribution is 2.38. The zero-order chi connectivity index (χ0) is 15.8. The quantitative estimate of drug-likeness (QED) is 0.813. The van der Waals surface area contributed by atoms with Crippen molar-refractivity contribution in [1.82, 2.24) is 4.90 Å². The Kier molecular flexibility index (Phi) is 3.80. The van der Waals surface area contributed by atoms with Crippen LogP contribution in [0.15, 0.2) is 24.3 Å². The number of hydrogen-bond acceptors (Lipinski definition) is 3. The van der Waals surface area contributed by atoms with Crippen LogP contribution in [0.5, 0.6) is 0 Å². The van der Waals surface area contributed by atoms with Gasteiger partial charge in [0.05, 0.1) is 11.8 Å². The second-order valence-corrected chi connectivity index (χ2v) is 4.93. The fourth-order valence-corrected chi connectivity index (χ4v) is 2.41. The Bertz CT molecular complexity index is 574. The second kappa shape index (κ2) is 5.27. The van der Waals surface area contributed by atoms with Gasteiger partial charge in [-0.1, -0.05) is 6.07 Å². The molecule has 2 atom stereocenters. The number of carboxylic acid groups (broad SMARTS) is 1. The first kappa shape index (κ1) is 15.1. The van der Waals surface area contributed by atoms with E-state index in [2.05, 4.69) is 0 Å². The van der Waals surface area contributed by atoms with Crippen LogP contribution in [0.1, 0.15) is 10.4 Å². The molecule has 1 saturated heterocycles. The van der Waals surface area contributed by atoms with Crippen LogP contribution < -0.4 is 5.73 Å². The molecule has 5 nitrogen and oxygen atoms in total. The molecule has 114 valence electrons. The summed E-state index contributed by atoms with van der Waals surface area (Å²) in [5.74, 6) is -5.91. The van der Waals surface area contributed by atoms with Gasteiger partial charge in [-0.3, -0.25) is 9.59 Å². The molecule has 0 aliphatic carbocycles. The summed E-state index contributed by atoms with van der Waals surface area (Å²) >= 11 is 0. The Morgan fingerprint density at radius 1 is 1.29 bits per heavy atom. The largest absolute Gasteiger partial charge is 0.481 e. The van der Waals surface area contributed by atoms with Gasteiger partial charge in [-0.15, -0.1) is 0 Å². The molecule has 1 aromatic rings. The molecule has 1 aromatic carbocycles. The number of halogens is 3. The topological polar surface area (TPSA) is 83.6 Å². The van der Waals surface area contributed by atoms with Crippen LogP contribution in [0.4, 0.5) is 18.9 Å². The first-order valence-corrected chi connectivity index (χ1v) is 6.14. The van der Waals surface area contributed by atoms with E-state index in [1.54, 1.807) is 6.07 Å². The number of anilines is 1. The van der Waals surface area contributed by atoms with Gasteiger partial charge >= 0.3 is 12.1 Å². The van der Waals surface area contributed by atoms with E-state index in [1.165, 1.54) is 18.2 Å². The van der Waals surface area contributed by atoms with Gasteiger partial charge in [0.15, 0.2) is 0 Å². The number of nitrogen functional groups attached to an aromatic ring is 1. The van der Waals surface area contributed by atoms with Gasteiger partial charge in [0.2, 0.25) is 0 Å². The number of nitrogens with zero attached hydrogens (tertiary/aromatic N) is 1. The maximum Gasteiger partial charge on any atom is 0.394 e. The van der Waals surface area contributed by atoms with Crippen LogP contribution in [-0.4, -0.2) is 41.1 Å². The molecule has 3 N–H and O–H groups in total. The van der Waals surface area contributed by atoms with E-state index in [0.29, 0.717) is 5.69 Å². The molecule has 0 radical (unpaired) electrons. The smallest absolute Gasteiger partial charge is 0.394 e. The van der Waals surface area contributed by atoms with Crippen molar-refractivity contribution < 1.29 is 27.9 Å². The zero-order valence-electron chi connectivity index (χ0n) is 10.8. The average molecular weight is 302 g/mol. The van der Waals surface area contributed by atoms with Gasteiger partial charge in [0.1, 0.15) is 0 Å². The third-order valence-corrected chi connectivity index (χ3v) is 3.48. The molecule has 1 amide bonds. The number of carbonyl (C=O) groups excluding carboxylic acids is 1. The van der Waals surface area contributed by atoms with E-state index in [0.717, 1.165) is 4.90 Å². The molecule has 8 heteroatoms. The maximum atomic E-state index is 12.9. The van der Waals surface area contributed by atoms with Crippen molar-refractivity contribution in [2.24, 2.45) is 11.8 Å². The van der Waals surface area contributed by atoms with Crippen molar-refractivity contribution in [2.45, 2.75) is 6.18 Å². The van der Waals surface area contributed by atoms with E-state index in [9.17, 15) is 22.8 Å². The molecule has 21 heavy (non-hydrogen) atoms. The lowest BCUT2D eigenvalue weighted by Gasteiger charge is -2.18. The lowest BCUT2D eigenvalue weighted by molar-refractivity contribution is -0.187. The molecule has 1 heterocycles. The minimum Gasteiger partial charge on any atom is -0.481 e. The SMILES string of the molecule is Nc1cccc(C(=O)N2C[C@@H](C(F)(F)F)[C@H](C(=O)O)C2)c1. The van der Waals surface area contributed by atoms with E-state index in [1.807, 2.05) is 0 Å². The predicted octanol–water partition coefficient (Wildman–Crippen LogP) is 1.60. The first-order chi connectivity index (χ1) is 9.70. The number of amides is 1. The molecule has 0 unspecified atom stereocenters. The van der Waals surface area contributed by atoms with Crippen LogP contribution in [-0.2, 0) is 4.79 Å². The number of benzene rings is 1. The normalized spacial score (nSPS) is 22.3. The van der Waals surface area contributed by atoms with Gasteiger partial charge in [0.25, 0.3) is 5.91 Å². The second-order valence-electron chi connectivity index (χ2n) is 4.93. The minimum atomic E-state index is -4.66. The summed E-state index contributed by atoms with van der Waals surface area (Å²) in [4.78, 5) is 24.0. The number of nitrogens with two attached hydrogens (primary N) is 1. The Labute approximate surface area is 118 Å². The van der Waals surface area contributed by atoms with Crippen LogP contribution in [0.25, 0.3) is 0 Å². The van der Waals surface area contributed by atoms with Crippen LogP contribution in [0, 0.1) is 11.8 Å². The summed E-state index contributed by atoms with van der Waals surface area (Å²) in [5, 5.41) is 8.90. The molecule has 1 aliphatic rings. The number of alkyl halides is 3. The number of likely N-dealkylation sites (tertiary alicyclic amines) is 1. The Balaban J connectivity index is 2.23. The summed E-state index contributed by atoms with van der Waals surface area (Å²) in [6.45, 7) is -1.12. The third-order valence-electron chi connectivity index (χ3n) is 3.48. The highest BCUT2D eigenvalue weighted by atomic mass is 19.4. The van der Waals surface area contributed by atoms with Gasteiger partial charge in [-0.2, -0.15) is 13.2 Å². The highest BCUT2D eigenvalue weighted by molar-refractivity contribution is 5.95. The van der Waals surface area contributed by atoms with Crippen molar-refractivity contribution in [3.8, 4) is 0 Å². The van der Waals surface area contributed by atoms with Gasteiger partial charge in [-0.05, 0) is 18.2 Å². The maximum absolute atomic E-state index is 12.9. The van der Waals surface area contributed by atoms with Gasteiger partial charge < -0.3 is 15.7 Å². The molecular weight excluding hydrogens is 289 g/mol. The third kappa shape index (κ3) is 3.09. The monoisotopic (exact) mass is 302 g/mol. The van der Waals surface area contributed by atoms with Crippen LogP contribution >= 0.6 is 0 Å². The standard InChI is InChI=1S/C13H13F3N2O3/c14-13(15,16)10-6-18(5-9(10)12(20)21)11(19)7-2-1-3-8(17)4-7/h1-4,9-10H,5-6,17H2,(H,20,21)/t9-,10-/m1/s1. The number of carboxylic acids is 1. The average Bonchev–Trinajstić information content (AvgIpc) is 2.83. The fraction of sp³-hybridized carbons (Fsp3) is 0.385. The molecule has 0 bridgehead atoms. The van der Waals surface area contributed by atoms with Crippen molar-refractivity contribution in [2.75, 3.05) is 18.8 Å². The lowest BCUT2D eigenvalue weighted by Crippen LogP contribution is -2.34. The van der Waals surface area contributed by atoms with E-state index in [4.69, 9.17) is 10.8 Å². The predicted molar refractivity (Wildman–Crippen MR) is 67.4 cm³/mol. The summed E-state index contributed by atoms with van der Waals surface area (Å²) in [5.41, 5.74) is 5.97. The van der Waals surface area contributed by atoms with Crippen LogP contribution in [0.3, 0.4) is 0 Å². The Morgan fingerprint density at radius 3 is 2.43 bits per heavy atom. The molecule has 0 spiro atoms. The first-order valence-electron chi connectivity index (χ1n) is 6.14. The fourth-order valence-electron chi connectivity index (χ4n) is 2.41. The van der Waals surface area contributed by atoms with Gasteiger partial charge in [-0.25, -0.2) is 0 Å². The Hall–Kier alpha value is -2.25. The molecule has 0 aromatic heterocycles. The van der Waals surface area contributed by atoms with E-state index >= 15 is 0 Å². The molecule has 0 saturated carbocycles. The lowest BCUT2D eigenvalue weighted by atomic mass is 9.96. The molecular formula is C13H13F3N2O3. The summed E-state index contributed by atoms with van der Waals surface area (Å²) in [6, 6.07) is 5.82. The number of hydrogen-bond donors (Lipinski definition) is 2. The van der Waals surface area contributed by atoms with Gasteiger partial charge in [0, 0.05) is 24.3 Å². The van der Waals surface area contributed by atoms with Crippen LogP contribution in [0.2, 0.25) is 0 Å². The minimum absolute atomic E-state index is 0.141. The number of carbonyl (C=O) groups is 2. The molecule has 2 rings (SSSR count). The molecule has 1 fully saturated rings. The Morgan fingerprint density at radius 2 is 1.95 bits per heavy atom. The van der Waals surface area contributed by atoms with Crippen molar-refractivity contribution in [3.05, 3.63) is 29.8 Å². The van der Waals surface area contributed by atoms with Crippen molar-refractivity contribution in [1.29, 1.82) is 0 Å². The van der Waals surface area contributed by atoms with E-state index in [-0.39, 0.29) is 5.56 Å².